The molecule has 0 aliphatic rings. The van der Waals surface area contributed by atoms with E-state index in [1.54, 1.807) is 0 Å². The fourth-order valence-electron chi connectivity index (χ4n) is 0.835. The van der Waals surface area contributed by atoms with Crippen molar-refractivity contribution in [3.63, 3.8) is 0 Å². The minimum Gasteiger partial charge on any atom is -0.0913 e. The van der Waals surface area contributed by atoms with Gasteiger partial charge in [-0.25, -0.2) is 0 Å². The highest BCUT2D eigenvalue weighted by molar-refractivity contribution is 5.21. The highest BCUT2D eigenvalue weighted by Gasteiger charge is 1.84. The summed E-state index contributed by atoms with van der Waals surface area (Å²) in [5, 5.41) is 0. The summed E-state index contributed by atoms with van der Waals surface area (Å²) < 4.78 is 0. The molecule has 0 N–H and O–H groups in total. The second-order valence-corrected chi connectivity index (χ2v) is 2.80. The second kappa shape index (κ2) is 5.96. The van der Waals surface area contributed by atoms with Crippen LogP contribution in [0.1, 0.15) is 34.1 Å². The molecule has 0 heterocycles. The maximum absolute atomic E-state index is 2.22. The van der Waals surface area contributed by atoms with Crippen LogP contribution in [0.2, 0.25) is 0 Å². The van der Waals surface area contributed by atoms with E-state index in [1.807, 2.05) is 0 Å². The van der Waals surface area contributed by atoms with Crippen molar-refractivity contribution in [3.05, 3.63) is 35.5 Å². The van der Waals surface area contributed by atoms with E-state index in [4.69, 9.17) is 0 Å². The van der Waals surface area contributed by atoms with Gasteiger partial charge in [-0.1, -0.05) is 35.5 Å². The van der Waals surface area contributed by atoms with Crippen molar-refractivity contribution in [1.82, 2.24) is 0 Å². The SMILES string of the molecule is C/C=C(C)\C=C(\C)C/C=C/C. The van der Waals surface area contributed by atoms with Crippen LogP contribution in [0, 0.1) is 0 Å². The van der Waals surface area contributed by atoms with E-state index in [-0.39, 0.29) is 0 Å². The van der Waals surface area contributed by atoms with Gasteiger partial charge in [-0.15, -0.1) is 0 Å². The van der Waals surface area contributed by atoms with E-state index >= 15 is 0 Å². The van der Waals surface area contributed by atoms with Crippen molar-refractivity contribution >= 4 is 0 Å². The summed E-state index contributed by atoms with van der Waals surface area (Å²) >= 11 is 0. The minimum atomic E-state index is 1.07. The molecule has 0 nitrogen and oxygen atoms in total. The molecular weight excluding hydrogens is 132 g/mol. The molecule has 0 bridgehead atoms. The Balaban J connectivity index is 4.00. The topological polar surface area (TPSA) is 0 Å². The Hall–Kier alpha value is -0.780. The van der Waals surface area contributed by atoms with Gasteiger partial charge in [0.25, 0.3) is 0 Å². The molecule has 0 aromatic carbocycles. The van der Waals surface area contributed by atoms with Crippen LogP contribution < -0.4 is 0 Å². The van der Waals surface area contributed by atoms with Crippen LogP contribution in [-0.2, 0) is 0 Å². The molecule has 0 aliphatic heterocycles. The molecule has 0 unspecified atom stereocenters. The van der Waals surface area contributed by atoms with Crippen LogP contribution in [0.25, 0.3) is 0 Å². The predicted octanol–water partition coefficient (Wildman–Crippen LogP) is 3.87. The Kier molecular flexibility index (Phi) is 5.54. The Morgan fingerprint density at radius 1 is 1.18 bits per heavy atom. The van der Waals surface area contributed by atoms with Gasteiger partial charge < -0.3 is 0 Å². The summed E-state index contributed by atoms with van der Waals surface area (Å²) in [5.74, 6) is 0. The Bertz CT molecular complexity index is 180. The average molecular weight is 150 g/mol. The van der Waals surface area contributed by atoms with Gasteiger partial charge >= 0.3 is 0 Å². The van der Waals surface area contributed by atoms with Crippen molar-refractivity contribution in [2.75, 3.05) is 0 Å². The summed E-state index contributed by atoms with van der Waals surface area (Å²) in [4.78, 5) is 0. The first kappa shape index (κ1) is 10.2. The largest absolute Gasteiger partial charge is 0.0913 e. The summed E-state index contributed by atoms with van der Waals surface area (Å²) in [6.45, 7) is 8.40. The van der Waals surface area contributed by atoms with E-state index in [2.05, 4.69) is 52.0 Å². The van der Waals surface area contributed by atoms with Gasteiger partial charge in [0.2, 0.25) is 0 Å². The number of hydrogen-bond donors (Lipinski definition) is 0. The second-order valence-electron chi connectivity index (χ2n) is 2.80. The third-order valence-electron chi connectivity index (χ3n) is 1.60. The van der Waals surface area contributed by atoms with E-state index < -0.39 is 0 Å². The zero-order valence-corrected chi connectivity index (χ0v) is 8.02. The molecule has 0 saturated heterocycles. The van der Waals surface area contributed by atoms with Crippen molar-refractivity contribution in [1.29, 1.82) is 0 Å². The molecule has 11 heavy (non-hydrogen) atoms. The lowest BCUT2D eigenvalue weighted by Gasteiger charge is -1.95. The molecule has 0 aromatic rings. The lowest BCUT2D eigenvalue weighted by molar-refractivity contribution is 1.19. The Labute approximate surface area is 70.3 Å². The molecule has 0 saturated carbocycles. The Morgan fingerprint density at radius 3 is 2.27 bits per heavy atom. The van der Waals surface area contributed by atoms with Crippen molar-refractivity contribution in [3.8, 4) is 0 Å². The normalized spacial score (nSPS) is 14.5. The van der Waals surface area contributed by atoms with Gasteiger partial charge in [0, 0.05) is 0 Å². The molecule has 0 amide bonds. The molecule has 0 spiro atoms. The minimum absolute atomic E-state index is 1.07. The van der Waals surface area contributed by atoms with Gasteiger partial charge in [-0.05, 0) is 34.1 Å². The highest BCUT2D eigenvalue weighted by atomic mass is 13.9. The van der Waals surface area contributed by atoms with Crippen molar-refractivity contribution in [2.24, 2.45) is 0 Å². The zero-order valence-electron chi connectivity index (χ0n) is 8.02. The number of rotatable bonds is 3. The maximum atomic E-state index is 2.22. The first-order valence-electron chi connectivity index (χ1n) is 4.12. The summed E-state index contributed by atoms with van der Waals surface area (Å²) in [5.41, 5.74) is 2.76. The highest BCUT2D eigenvalue weighted by Crippen LogP contribution is 2.05. The lowest BCUT2D eigenvalue weighted by Crippen LogP contribution is -1.74. The summed E-state index contributed by atoms with van der Waals surface area (Å²) in [6.07, 6.45) is 9.68. The summed E-state index contributed by atoms with van der Waals surface area (Å²) in [7, 11) is 0. The molecule has 0 atom stereocenters. The first-order chi connectivity index (χ1) is 5.20. The molecule has 0 fully saturated rings. The smallest absolute Gasteiger partial charge is 0.0138 e. The third-order valence-corrected chi connectivity index (χ3v) is 1.60. The monoisotopic (exact) mass is 150 g/mol. The molecular formula is C11H18. The standard InChI is InChI=1S/C11H18/c1-5-7-8-11(4)9-10(3)6-2/h5-7,9H,8H2,1-4H3/b7-5+,10-6-,11-9-. The molecule has 0 aromatic heterocycles. The van der Waals surface area contributed by atoms with Gasteiger partial charge in [0.1, 0.15) is 0 Å². The summed E-state index contributed by atoms with van der Waals surface area (Å²) in [6, 6.07) is 0. The van der Waals surface area contributed by atoms with Crippen molar-refractivity contribution in [2.45, 2.75) is 34.1 Å². The van der Waals surface area contributed by atoms with Crippen LogP contribution in [0.15, 0.2) is 35.5 Å². The first-order valence-corrected chi connectivity index (χ1v) is 4.12. The van der Waals surface area contributed by atoms with Crippen LogP contribution in [-0.4, -0.2) is 0 Å². The van der Waals surface area contributed by atoms with Crippen molar-refractivity contribution < 1.29 is 0 Å². The lowest BCUT2D eigenvalue weighted by atomic mass is 10.1. The fourth-order valence-corrected chi connectivity index (χ4v) is 0.835. The zero-order chi connectivity index (χ0) is 8.69. The molecule has 0 aliphatic carbocycles. The van der Waals surface area contributed by atoms with Crippen LogP contribution in [0.3, 0.4) is 0 Å². The maximum Gasteiger partial charge on any atom is -0.0138 e. The van der Waals surface area contributed by atoms with Crippen LogP contribution >= 0.6 is 0 Å². The quantitative estimate of drug-likeness (QED) is 0.423. The van der Waals surface area contributed by atoms with Gasteiger partial charge in [-0.3, -0.25) is 0 Å². The molecule has 0 rings (SSSR count). The fraction of sp³-hybridized carbons (Fsp3) is 0.455. The molecule has 0 radical (unpaired) electrons. The van der Waals surface area contributed by atoms with Gasteiger partial charge in [0.15, 0.2) is 0 Å². The van der Waals surface area contributed by atoms with Gasteiger partial charge in [-0.2, -0.15) is 0 Å². The van der Waals surface area contributed by atoms with Crippen LogP contribution in [0.5, 0.6) is 0 Å². The van der Waals surface area contributed by atoms with E-state index in [0.717, 1.165) is 6.42 Å². The Morgan fingerprint density at radius 2 is 1.82 bits per heavy atom. The van der Waals surface area contributed by atoms with E-state index in [1.165, 1.54) is 11.1 Å². The van der Waals surface area contributed by atoms with Crippen LogP contribution in [0.4, 0.5) is 0 Å². The average Bonchev–Trinajstić information content (AvgIpc) is 2.00. The number of hydrogen-bond acceptors (Lipinski definition) is 0. The molecule has 0 heteroatoms. The van der Waals surface area contributed by atoms with Gasteiger partial charge in [0.05, 0.1) is 0 Å². The predicted molar refractivity (Wildman–Crippen MR) is 52.6 cm³/mol. The molecule has 62 valence electrons. The number of allylic oxidation sites excluding steroid dienone is 6. The third kappa shape index (κ3) is 5.65. The van der Waals surface area contributed by atoms with E-state index in [0.29, 0.717) is 0 Å². The van der Waals surface area contributed by atoms with E-state index in [9.17, 15) is 0 Å².